The van der Waals surface area contributed by atoms with E-state index in [9.17, 15) is 0 Å². The maximum absolute atomic E-state index is 6.05. The first-order valence-electron chi connectivity index (χ1n) is 8.09. The van der Waals surface area contributed by atoms with Gasteiger partial charge in [-0.05, 0) is 51.1 Å². The van der Waals surface area contributed by atoms with Crippen LogP contribution in [0, 0.1) is 13.8 Å². The van der Waals surface area contributed by atoms with E-state index in [1.807, 2.05) is 44.2 Å². The van der Waals surface area contributed by atoms with Crippen molar-refractivity contribution in [2.45, 2.75) is 26.8 Å². The molecule has 4 aromatic rings. The summed E-state index contributed by atoms with van der Waals surface area (Å²) in [5.41, 5.74) is 2.66. The van der Waals surface area contributed by atoms with E-state index in [2.05, 4.69) is 27.5 Å². The number of aryl methyl sites for hydroxylation is 2. The summed E-state index contributed by atoms with van der Waals surface area (Å²) in [4.78, 5) is 0. The van der Waals surface area contributed by atoms with E-state index < -0.39 is 0 Å². The molecule has 3 heterocycles. The topological polar surface area (TPSA) is 77.5 Å². The van der Waals surface area contributed by atoms with Gasteiger partial charge in [-0.1, -0.05) is 0 Å². The number of nitrogens with one attached hydrogen (secondary N) is 1. The van der Waals surface area contributed by atoms with Gasteiger partial charge in [-0.25, -0.2) is 0 Å². The first-order chi connectivity index (χ1) is 12.1. The lowest BCUT2D eigenvalue weighted by atomic mass is 10.1. The molecule has 3 aromatic heterocycles. The summed E-state index contributed by atoms with van der Waals surface area (Å²) in [7, 11) is 1.66. The maximum atomic E-state index is 6.05. The van der Waals surface area contributed by atoms with E-state index >= 15 is 0 Å². The SMILES string of the molecule is COc1ccc2oc(C(C)Nc3ccc4nnc(C)n4n3)c(C)c2c1. The molecule has 1 atom stereocenters. The Bertz CT molecular complexity index is 1070. The molecule has 4 rings (SSSR count). The molecule has 0 amide bonds. The molecule has 0 aliphatic rings. The van der Waals surface area contributed by atoms with Crippen molar-refractivity contribution in [3.05, 3.63) is 47.5 Å². The Morgan fingerprint density at radius 1 is 1.16 bits per heavy atom. The van der Waals surface area contributed by atoms with Crippen molar-refractivity contribution in [2.24, 2.45) is 0 Å². The molecule has 0 saturated carbocycles. The summed E-state index contributed by atoms with van der Waals surface area (Å²) in [6.45, 7) is 5.98. The molecule has 0 spiro atoms. The summed E-state index contributed by atoms with van der Waals surface area (Å²) < 4.78 is 13.1. The van der Waals surface area contributed by atoms with Gasteiger partial charge in [-0.15, -0.1) is 15.3 Å². The second-order valence-corrected chi connectivity index (χ2v) is 6.06. The van der Waals surface area contributed by atoms with Gasteiger partial charge >= 0.3 is 0 Å². The van der Waals surface area contributed by atoms with Gasteiger partial charge in [0.1, 0.15) is 22.9 Å². The minimum atomic E-state index is -0.0415. The van der Waals surface area contributed by atoms with Crippen molar-refractivity contribution in [3.8, 4) is 5.75 Å². The number of nitrogens with zero attached hydrogens (tertiary/aromatic N) is 4. The molecule has 1 N–H and O–H groups in total. The number of benzene rings is 1. The molecule has 0 radical (unpaired) electrons. The average molecular weight is 337 g/mol. The summed E-state index contributed by atoms with van der Waals surface area (Å²) >= 11 is 0. The normalized spacial score (nSPS) is 12.6. The Hall–Kier alpha value is -3.09. The zero-order valence-electron chi connectivity index (χ0n) is 14.6. The van der Waals surface area contributed by atoms with Crippen LogP contribution < -0.4 is 10.1 Å². The molecule has 1 aromatic carbocycles. The number of rotatable bonds is 4. The molecule has 0 bridgehead atoms. The van der Waals surface area contributed by atoms with Crippen LogP contribution in [-0.2, 0) is 0 Å². The smallest absolute Gasteiger partial charge is 0.178 e. The summed E-state index contributed by atoms with van der Waals surface area (Å²) in [5, 5.41) is 17.0. The molecule has 1 unspecified atom stereocenters. The standard InChI is InChI=1S/C18H19N5O2/c1-10-14-9-13(24-4)5-6-15(14)25-18(10)11(2)19-16-7-8-17-21-20-12(3)23(17)22-16/h5-9,11H,1-4H3,(H,19,22). The first-order valence-corrected chi connectivity index (χ1v) is 8.09. The van der Waals surface area contributed by atoms with E-state index in [-0.39, 0.29) is 6.04 Å². The Balaban J connectivity index is 1.67. The Morgan fingerprint density at radius 3 is 2.80 bits per heavy atom. The quantitative estimate of drug-likeness (QED) is 0.612. The van der Waals surface area contributed by atoms with Crippen LogP contribution in [0.15, 0.2) is 34.7 Å². The van der Waals surface area contributed by atoms with Crippen LogP contribution in [0.3, 0.4) is 0 Å². The molecule has 0 aliphatic heterocycles. The number of aromatic nitrogens is 4. The van der Waals surface area contributed by atoms with Gasteiger partial charge in [-0.2, -0.15) is 4.52 Å². The van der Waals surface area contributed by atoms with Gasteiger partial charge in [0.25, 0.3) is 0 Å². The molecule has 0 aliphatic carbocycles. The third-order valence-electron chi connectivity index (χ3n) is 4.36. The maximum Gasteiger partial charge on any atom is 0.178 e. The highest BCUT2D eigenvalue weighted by atomic mass is 16.5. The van der Waals surface area contributed by atoms with Crippen LogP contribution in [0.25, 0.3) is 16.6 Å². The fourth-order valence-electron chi connectivity index (χ4n) is 3.02. The minimum absolute atomic E-state index is 0.0415. The van der Waals surface area contributed by atoms with Crippen LogP contribution in [0.5, 0.6) is 5.75 Å². The summed E-state index contributed by atoms with van der Waals surface area (Å²) in [6.07, 6.45) is 0. The van der Waals surface area contributed by atoms with Crippen LogP contribution in [-0.4, -0.2) is 26.9 Å². The van der Waals surface area contributed by atoms with Gasteiger partial charge in [0.05, 0.1) is 13.2 Å². The second kappa shape index (κ2) is 5.77. The number of hydrogen-bond acceptors (Lipinski definition) is 6. The Morgan fingerprint density at radius 2 is 2.00 bits per heavy atom. The molecular weight excluding hydrogens is 318 g/mol. The zero-order chi connectivity index (χ0) is 17.6. The van der Waals surface area contributed by atoms with E-state index in [0.717, 1.165) is 45.3 Å². The molecule has 7 nitrogen and oxygen atoms in total. The van der Waals surface area contributed by atoms with Gasteiger partial charge in [0.15, 0.2) is 11.5 Å². The number of methoxy groups -OCH3 is 1. The predicted octanol–water partition coefficient (Wildman–Crippen LogP) is 3.67. The third kappa shape index (κ3) is 2.57. The number of furan rings is 1. The number of anilines is 1. The van der Waals surface area contributed by atoms with Crippen molar-refractivity contribution >= 4 is 22.4 Å². The minimum Gasteiger partial charge on any atom is -0.497 e. The zero-order valence-corrected chi connectivity index (χ0v) is 14.6. The fourth-order valence-corrected chi connectivity index (χ4v) is 3.02. The first kappa shape index (κ1) is 15.4. The van der Waals surface area contributed by atoms with E-state index in [4.69, 9.17) is 9.15 Å². The van der Waals surface area contributed by atoms with Crippen LogP contribution >= 0.6 is 0 Å². The molecule has 25 heavy (non-hydrogen) atoms. The molecule has 128 valence electrons. The Kier molecular flexibility index (Phi) is 3.56. The van der Waals surface area contributed by atoms with Crippen LogP contribution in [0.4, 0.5) is 5.82 Å². The lowest BCUT2D eigenvalue weighted by molar-refractivity contribution is 0.415. The summed E-state index contributed by atoms with van der Waals surface area (Å²) in [6, 6.07) is 9.56. The average Bonchev–Trinajstić information content (AvgIpc) is 3.15. The number of hydrogen-bond donors (Lipinski definition) is 1. The van der Waals surface area contributed by atoms with E-state index in [1.165, 1.54) is 0 Å². The number of ether oxygens (including phenoxy) is 1. The van der Waals surface area contributed by atoms with E-state index in [0.29, 0.717) is 0 Å². The lowest BCUT2D eigenvalue weighted by Gasteiger charge is -2.13. The molecule has 0 saturated heterocycles. The van der Waals surface area contributed by atoms with Crippen LogP contribution in [0.1, 0.15) is 30.1 Å². The predicted molar refractivity (Wildman–Crippen MR) is 95.1 cm³/mol. The largest absolute Gasteiger partial charge is 0.497 e. The highest BCUT2D eigenvalue weighted by Gasteiger charge is 2.18. The van der Waals surface area contributed by atoms with Crippen molar-refractivity contribution in [2.75, 3.05) is 12.4 Å². The Labute approximate surface area is 144 Å². The van der Waals surface area contributed by atoms with Crippen molar-refractivity contribution < 1.29 is 9.15 Å². The lowest BCUT2D eigenvalue weighted by Crippen LogP contribution is -2.10. The molecular formula is C18H19N5O2. The van der Waals surface area contributed by atoms with Crippen molar-refractivity contribution in [1.29, 1.82) is 0 Å². The second-order valence-electron chi connectivity index (χ2n) is 6.06. The third-order valence-corrected chi connectivity index (χ3v) is 4.36. The van der Waals surface area contributed by atoms with Crippen molar-refractivity contribution in [1.82, 2.24) is 19.8 Å². The van der Waals surface area contributed by atoms with Gasteiger partial charge in [0.2, 0.25) is 0 Å². The highest BCUT2D eigenvalue weighted by molar-refractivity contribution is 5.83. The van der Waals surface area contributed by atoms with Crippen LogP contribution in [0.2, 0.25) is 0 Å². The van der Waals surface area contributed by atoms with Gasteiger partial charge in [0, 0.05) is 10.9 Å². The molecule has 0 fully saturated rings. The monoisotopic (exact) mass is 337 g/mol. The van der Waals surface area contributed by atoms with Gasteiger partial charge in [-0.3, -0.25) is 0 Å². The highest BCUT2D eigenvalue weighted by Crippen LogP contribution is 2.33. The van der Waals surface area contributed by atoms with E-state index in [1.54, 1.807) is 11.6 Å². The number of fused-ring (bicyclic) bond motifs is 2. The molecule has 7 heteroatoms. The summed E-state index contributed by atoms with van der Waals surface area (Å²) in [5.74, 6) is 3.18. The van der Waals surface area contributed by atoms with Gasteiger partial charge < -0.3 is 14.5 Å². The fraction of sp³-hybridized carbons (Fsp3) is 0.278. The van der Waals surface area contributed by atoms with Crippen molar-refractivity contribution in [3.63, 3.8) is 0 Å².